The molecule has 2 atom stereocenters. The SMILES string of the molecule is NC(=NC1CCCCC1O)NC1CC1. The molecule has 14 heavy (non-hydrogen) atoms. The fourth-order valence-electron chi connectivity index (χ4n) is 1.90. The standard InChI is InChI=1S/C10H19N3O/c11-10(12-7-5-6-7)13-8-3-1-2-4-9(8)14/h7-9,14H,1-6H2,(H3,11,12,13). The molecular formula is C10H19N3O. The zero-order valence-electron chi connectivity index (χ0n) is 8.45. The molecule has 0 amide bonds. The van der Waals surface area contributed by atoms with Crippen LogP contribution in [0.25, 0.3) is 0 Å². The Morgan fingerprint density at radius 2 is 1.93 bits per heavy atom. The molecule has 0 radical (unpaired) electrons. The van der Waals surface area contributed by atoms with Gasteiger partial charge in [0.15, 0.2) is 5.96 Å². The van der Waals surface area contributed by atoms with Crippen LogP contribution in [0.4, 0.5) is 0 Å². The number of hydrogen-bond donors (Lipinski definition) is 3. The third-order valence-electron chi connectivity index (χ3n) is 2.93. The minimum atomic E-state index is -0.289. The summed E-state index contributed by atoms with van der Waals surface area (Å²) in [5.41, 5.74) is 5.74. The molecule has 4 N–H and O–H groups in total. The molecule has 2 aliphatic carbocycles. The third-order valence-corrected chi connectivity index (χ3v) is 2.93. The summed E-state index contributed by atoms with van der Waals surface area (Å²) in [4.78, 5) is 4.33. The van der Waals surface area contributed by atoms with Crippen molar-refractivity contribution >= 4 is 5.96 Å². The Labute approximate surface area is 84.6 Å². The van der Waals surface area contributed by atoms with E-state index in [0.717, 1.165) is 25.7 Å². The normalized spacial score (nSPS) is 34.2. The summed E-state index contributed by atoms with van der Waals surface area (Å²) in [7, 11) is 0. The Hall–Kier alpha value is -0.770. The summed E-state index contributed by atoms with van der Waals surface area (Å²) in [5.74, 6) is 0.512. The first-order valence-electron chi connectivity index (χ1n) is 5.53. The first-order valence-corrected chi connectivity index (χ1v) is 5.53. The van der Waals surface area contributed by atoms with E-state index in [2.05, 4.69) is 10.3 Å². The smallest absolute Gasteiger partial charge is 0.189 e. The zero-order valence-corrected chi connectivity index (χ0v) is 8.45. The van der Waals surface area contributed by atoms with Gasteiger partial charge in [0.25, 0.3) is 0 Å². The van der Waals surface area contributed by atoms with E-state index in [9.17, 15) is 5.11 Å². The molecule has 2 unspecified atom stereocenters. The predicted molar refractivity (Wildman–Crippen MR) is 56.0 cm³/mol. The highest BCUT2D eigenvalue weighted by atomic mass is 16.3. The molecule has 80 valence electrons. The van der Waals surface area contributed by atoms with E-state index in [0.29, 0.717) is 12.0 Å². The lowest BCUT2D eigenvalue weighted by atomic mass is 9.93. The van der Waals surface area contributed by atoms with E-state index in [1.54, 1.807) is 0 Å². The molecule has 2 aliphatic rings. The van der Waals surface area contributed by atoms with Gasteiger partial charge in [0.2, 0.25) is 0 Å². The quantitative estimate of drug-likeness (QED) is 0.442. The average molecular weight is 197 g/mol. The van der Waals surface area contributed by atoms with E-state index in [1.807, 2.05) is 0 Å². The lowest BCUT2D eigenvalue weighted by Gasteiger charge is -2.24. The number of hydrogen-bond acceptors (Lipinski definition) is 2. The molecule has 0 aromatic heterocycles. The van der Waals surface area contributed by atoms with Crippen LogP contribution in [0.2, 0.25) is 0 Å². The number of aliphatic hydroxyl groups is 1. The van der Waals surface area contributed by atoms with Crippen LogP contribution in [-0.4, -0.2) is 29.3 Å². The van der Waals surface area contributed by atoms with Gasteiger partial charge in [-0.15, -0.1) is 0 Å². The topological polar surface area (TPSA) is 70.6 Å². The highest BCUT2D eigenvalue weighted by Crippen LogP contribution is 2.21. The lowest BCUT2D eigenvalue weighted by molar-refractivity contribution is 0.109. The van der Waals surface area contributed by atoms with Crippen molar-refractivity contribution < 1.29 is 5.11 Å². The highest BCUT2D eigenvalue weighted by molar-refractivity contribution is 5.78. The minimum Gasteiger partial charge on any atom is -0.391 e. The van der Waals surface area contributed by atoms with Crippen molar-refractivity contribution in [2.24, 2.45) is 10.7 Å². The molecule has 2 rings (SSSR count). The molecule has 0 aromatic carbocycles. The maximum Gasteiger partial charge on any atom is 0.189 e. The Kier molecular flexibility index (Phi) is 2.91. The maximum absolute atomic E-state index is 9.68. The number of aliphatic hydroxyl groups excluding tert-OH is 1. The predicted octanol–water partition coefficient (Wildman–Crippen LogP) is 0.357. The van der Waals surface area contributed by atoms with E-state index in [-0.39, 0.29) is 12.1 Å². The second kappa shape index (κ2) is 4.17. The highest BCUT2D eigenvalue weighted by Gasteiger charge is 2.25. The van der Waals surface area contributed by atoms with Crippen molar-refractivity contribution in [3.63, 3.8) is 0 Å². The summed E-state index contributed by atoms with van der Waals surface area (Å²) < 4.78 is 0. The number of guanidine groups is 1. The largest absolute Gasteiger partial charge is 0.391 e. The van der Waals surface area contributed by atoms with Crippen molar-refractivity contribution in [2.45, 2.75) is 56.7 Å². The summed E-state index contributed by atoms with van der Waals surface area (Å²) in [6.07, 6.45) is 6.21. The van der Waals surface area contributed by atoms with E-state index >= 15 is 0 Å². The molecule has 0 bridgehead atoms. The van der Waals surface area contributed by atoms with Crippen LogP contribution in [0.3, 0.4) is 0 Å². The van der Waals surface area contributed by atoms with Gasteiger partial charge >= 0.3 is 0 Å². The van der Waals surface area contributed by atoms with Gasteiger partial charge in [-0.25, -0.2) is 4.99 Å². The molecule has 2 fully saturated rings. The van der Waals surface area contributed by atoms with E-state index in [4.69, 9.17) is 5.73 Å². The van der Waals surface area contributed by atoms with Crippen LogP contribution in [0.5, 0.6) is 0 Å². The number of nitrogens with one attached hydrogen (secondary N) is 1. The van der Waals surface area contributed by atoms with Gasteiger partial charge in [0.05, 0.1) is 12.1 Å². The zero-order chi connectivity index (χ0) is 9.97. The second-order valence-electron chi connectivity index (χ2n) is 4.35. The molecule has 0 saturated heterocycles. The molecule has 0 aromatic rings. The van der Waals surface area contributed by atoms with Crippen LogP contribution in [0, 0.1) is 0 Å². The molecule has 0 aliphatic heterocycles. The molecule has 4 nitrogen and oxygen atoms in total. The van der Waals surface area contributed by atoms with Gasteiger partial charge in [-0.05, 0) is 25.7 Å². The van der Waals surface area contributed by atoms with Gasteiger partial charge in [0, 0.05) is 6.04 Å². The van der Waals surface area contributed by atoms with Gasteiger partial charge in [-0.1, -0.05) is 12.8 Å². The third kappa shape index (κ3) is 2.61. The van der Waals surface area contributed by atoms with E-state index < -0.39 is 0 Å². The van der Waals surface area contributed by atoms with Crippen LogP contribution >= 0.6 is 0 Å². The van der Waals surface area contributed by atoms with Crippen LogP contribution in [0.15, 0.2) is 4.99 Å². The van der Waals surface area contributed by atoms with Crippen LogP contribution in [0.1, 0.15) is 38.5 Å². The Morgan fingerprint density at radius 3 is 2.57 bits per heavy atom. The van der Waals surface area contributed by atoms with Crippen molar-refractivity contribution in [3.8, 4) is 0 Å². The Balaban J connectivity index is 1.85. The summed E-state index contributed by atoms with van der Waals surface area (Å²) in [6, 6.07) is 0.564. The molecular weight excluding hydrogens is 178 g/mol. The van der Waals surface area contributed by atoms with Gasteiger partial charge < -0.3 is 16.2 Å². The van der Waals surface area contributed by atoms with E-state index in [1.165, 1.54) is 12.8 Å². The van der Waals surface area contributed by atoms with Crippen molar-refractivity contribution in [1.82, 2.24) is 5.32 Å². The first-order chi connectivity index (χ1) is 6.75. The number of aliphatic imine (C=N–C) groups is 1. The summed E-state index contributed by atoms with van der Waals surface area (Å²) >= 11 is 0. The number of nitrogens with zero attached hydrogens (tertiary/aromatic N) is 1. The molecule has 0 heterocycles. The lowest BCUT2D eigenvalue weighted by Crippen LogP contribution is -2.37. The first kappa shape index (κ1) is 9.77. The van der Waals surface area contributed by atoms with Crippen molar-refractivity contribution in [1.29, 1.82) is 0 Å². The fraction of sp³-hybridized carbons (Fsp3) is 0.900. The minimum absolute atomic E-state index is 0.0231. The maximum atomic E-state index is 9.68. The molecule has 4 heteroatoms. The second-order valence-corrected chi connectivity index (χ2v) is 4.35. The van der Waals surface area contributed by atoms with Gasteiger partial charge in [-0.3, -0.25) is 0 Å². The Bertz CT molecular complexity index is 225. The number of rotatable bonds is 2. The van der Waals surface area contributed by atoms with Crippen LogP contribution in [-0.2, 0) is 0 Å². The monoisotopic (exact) mass is 197 g/mol. The summed E-state index contributed by atoms with van der Waals surface area (Å²) in [5, 5.41) is 12.8. The van der Waals surface area contributed by atoms with Crippen molar-refractivity contribution in [2.75, 3.05) is 0 Å². The van der Waals surface area contributed by atoms with Crippen LogP contribution < -0.4 is 11.1 Å². The van der Waals surface area contributed by atoms with Crippen molar-refractivity contribution in [3.05, 3.63) is 0 Å². The average Bonchev–Trinajstić information content (AvgIpc) is 2.93. The van der Waals surface area contributed by atoms with Gasteiger partial charge in [0.1, 0.15) is 0 Å². The Morgan fingerprint density at radius 1 is 1.21 bits per heavy atom. The fourth-order valence-corrected chi connectivity index (χ4v) is 1.90. The summed E-state index contributed by atoms with van der Waals surface area (Å²) in [6.45, 7) is 0. The van der Waals surface area contributed by atoms with Gasteiger partial charge in [-0.2, -0.15) is 0 Å². The molecule has 2 saturated carbocycles. The number of nitrogens with two attached hydrogens (primary N) is 1. The molecule has 0 spiro atoms.